The maximum Gasteiger partial charge on any atom is 0.181 e. The molecule has 0 bridgehead atoms. The largest absolute Gasteiger partial charge is 0.388 e. The molecule has 0 aliphatic carbocycles. The SMILES string of the molecule is OCc1nc(-c2ccc3nccnc3c2)n[nH]1. The maximum atomic E-state index is 8.91. The highest BCUT2D eigenvalue weighted by Crippen LogP contribution is 2.18. The first-order valence-electron chi connectivity index (χ1n) is 5.10. The summed E-state index contributed by atoms with van der Waals surface area (Å²) in [5, 5.41) is 15.6. The van der Waals surface area contributed by atoms with E-state index in [0.717, 1.165) is 16.6 Å². The van der Waals surface area contributed by atoms with Crippen LogP contribution in [0.25, 0.3) is 22.4 Å². The van der Waals surface area contributed by atoms with E-state index in [1.54, 1.807) is 12.4 Å². The highest BCUT2D eigenvalue weighted by molar-refractivity contribution is 5.79. The Hall–Kier alpha value is -2.34. The lowest BCUT2D eigenvalue weighted by Crippen LogP contribution is -1.86. The van der Waals surface area contributed by atoms with Crippen LogP contribution in [0.4, 0.5) is 0 Å². The van der Waals surface area contributed by atoms with E-state index in [2.05, 4.69) is 25.1 Å². The van der Waals surface area contributed by atoms with Crippen LogP contribution in [0.1, 0.15) is 5.82 Å². The smallest absolute Gasteiger partial charge is 0.181 e. The summed E-state index contributed by atoms with van der Waals surface area (Å²) in [6.45, 7) is -0.152. The first kappa shape index (κ1) is 9.86. The molecule has 6 nitrogen and oxygen atoms in total. The fraction of sp³-hybridized carbons (Fsp3) is 0.0909. The van der Waals surface area contributed by atoms with Crippen molar-refractivity contribution in [2.75, 3.05) is 0 Å². The molecule has 0 spiro atoms. The molecular formula is C11H9N5O. The van der Waals surface area contributed by atoms with Gasteiger partial charge in [-0.05, 0) is 18.2 Å². The molecular weight excluding hydrogens is 218 g/mol. The molecule has 0 unspecified atom stereocenters. The summed E-state index contributed by atoms with van der Waals surface area (Å²) in [7, 11) is 0. The Kier molecular flexibility index (Phi) is 2.27. The standard InChI is InChI=1S/C11H9N5O/c17-6-10-14-11(16-15-10)7-1-2-8-9(5-7)13-4-3-12-8/h1-5,17H,6H2,(H,14,15,16). The number of benzene rings is 1. The maximum absolute atomic E-state index is 8.91. The molecule has 0 aliphatic rings. The first-order chi connectivity index (χ1) is 8.36. The van der Waals surface area contributed by atoms with Gasteiger partial charge in [-0.1, -0.05) is 0 Å². The molecule has 17 heavy (non-hydrogen) atoms. The van der Waals surface area contributed by atoms with E-state index in [1.807, 2.05) is 18.2 Å². The highest BCUT2D eigenvalue weighted by atomic mass is 16.3. The van der Waals surface area contributed by atoms with Gasteiger partial charge in [-0.25, -0.2) is 4.98 Å². The number of nitrogens with zero attached hydrogens (tertiary/aromatic N) is 4. The Morgan fingerprint density at radius 1 is 1.12 bits per heavy atom. The van der Waals surface area contributed by atoms with Gasteiger partial charge in [0.1, 0.15) is 6.61 Å². The number of aliphatic hydroxyl groups excluding tert-OH is 1. The van der Waals surface area contributed by atoms with Crippen molar-refractivity contribution in [2.45, 2.75) is 6.61 Å². The minimum absolute atomic E-state index is 0.152. The van der Waals surface area contributed by atoms with Crippen molar-refractivity contribution in [1.29, 1.82) is 0 Å². The second kappa shape index (κ2) is 3.91. The molecule has 0 fully saturated rings. The van der Waals surface area contributed by atoms with Gasteiger partial charge in [0.25, 0.3) is 0 Å². The molecule has 0 radical (unpaired) electrons. The average molecular weight is 227 g/mol. The number of H-pyrrole nitrogens is 1. The zero-order valence-corrected chi connectivity index (χ0v) is 8.83. The molecule has 0 saturated heterocycles. The number of aromatic nitrogens is 5. The van der Waals surface area contributed by atoms with E-state index in [4.69, 9.17) is 5.11 Å². The minimum atomic E-state index is -0.152. The number of hydrogen-bond acceptors (Lipinski definition) is 5. The lowest BCUT2D eigenvalue weighted by atomic mass is 10.2. The second-order valence-corrected chi connectivity index (χ2v) is 3.52. The summed E-state index contributed by atoms with van der Waals surface area (Å²) < 4.78 is 0. The second-order valence-electron chi connectivity index (χ2n) is 3.52. The molecule has 0 atom stereocenters. The van der Waals surface area contributed by atoms with Crippen LogP contribution in [0, 0.1) is 0 Å². The van der Waals surface area contributed by atoms with E-state index in [0.29, 0.717) is 11.6 Å². The van der Waals surface area contributed by atoms with Gasteiger partial charge in [0.2, 0.25) is 0 Å². The van der Waals surface area contributed by atoms with Gasteiger partial charge in [0.05, 0.1) is 11.0 Å². The predicted molar refractivity (Wildman–Crippen MR) is 60.8 cm³/mol. The molecule has 2 heterocycles. The van der Waals surface area contributed by atoms with Crippen molar-refractivity contribution in [3.63, 3.8) is 0 Å². The number of aliphatic hydroxyl groups is 1. The number of rotatable bonds is 2. The van der Waals surface area contributed by atoms with E-state index in [9.17, 15) is 0 Å². The number of hydrogen-bond donors (Lipinski definition) is 2. The van der Waals surface area contributed by atoms with Crippen molar-refractivity contribution >= 4 is 11.0 Å². The van der Waals surface area contributed by atoms with Gasteiger partial charge in [-0.15, -0.1) is 0 Å². The third-order valence-corrected chi connectivity index (χ3v) is 2.41. The number of fused-ring (bicyclic) bond motifs is 1. The molecule has 1 aromatic carbocycles. The van der Waals surface area contributed by atoms with Gasteiger partial charge in [-0.2, -0.15) is 5.10 Å². The van der Waals surface area contributed by atoms with Crippen LogP contribution in [-0.4, -0.2) is 30.3 Å². The third-order valence-electron chi connectivity index (χ3n) is 2.41. The molecule has 84 valence electrons. The molecule has 0 saturated carbocycles. The monoisotopic (exact) mass is 227 g/mol. The van der Waals surface area contributed by atoms with Crippen LogP contribution >= 0.6 is 0 Å². The highest BCUT2D eigenvalue weighted by Gasteiger charge is 2.06. The van der Waals surface area contributed by atoms with Crippen molar-refractivity contribution in [2.24, 2.45) is 0 Å². The minimum Gasteiger partial charge on any atom is -0.388 e. The summed E-state index contributed by atoms with van der Waals surface area (Å²) in [4.78, 5) is 12.5. The van der Waals surface area contributed by atoms with Crippen molar-refractivity contribution in [1.82, 2.24) is 25.1 Å². The zero-order chi connectivity index (χ0) is 11.7. The zero-order valence-electron chi connectivity index (χ0n) is 8.83. The first-order valence-corrected chi connectivity index (χ1v) is 5.10. The summed E-state index contributed by atoms with van der Waals surface area (Å²) >= 11 is 0. The van der Waals surface area contributed by atoms with E-state index >= 15 is 0 Å². The quantitative estimate of drug-likeness (QED) is 0.679. The number of nitrogens with one attached hydrogen (secondary N) is 1. The van der Waals surface area contributed by atoms with Gasteiger partial charge in [-0.3, -0.25) is 15.1 Å². The molecule has 3 rings (SSSR count). The Morgan fingerprint density at radius 2 is 1.94 bits per heavy atom. The van der Waals surface area contributed by atoms with E-state index in [-0.39, 0.29) is 6.61 Å². The molecule has 3 aromatic rings. The van der Waals surface area contributed by atoms with Crippen molar-refractivity contribution in [3.05, 3.63) is 36.4 Å². The molecule has 0 aliphatic heterocycles. The Morgan fingerprint density at radius 3 is 2.71 bits per heavy atom. The Labute approximate surface area is 96.4 Å². The van der Waals surface area contributed by atoms with Crippen LogP contribution in [0.3, 0.4) is 0 Å². The fourth-order valence-electron chi connectivity index (χ4n) is 1.60. The summed E-state index contributed by atoms with van der Waals surface area (Å²) in [5.74, 6) is 0.987. The van der Waals surface area contributed by atoms with Gasteiger partial charge < -0.3 is 5.11 Å². The molecule has 6 heteroatoms. The average Bonchev–Trinajstić information content (AvgIpc) is 2.87. The summed E-state index contributed by atoms with van der Waals surface area (Å²) in [5.41, 5.74) is 2.46. The van der Waals surface area contributed by atoms with E-state index in [1.165, 1.54) is 0 Å². The lowest BCUT2D eigenvalue weighted by Gasteiger charge is -1.97. The fourth-order valence-corrected chi connectivity index (χ4v) is 1.60. The normalized spacial score (nSPS) is 10.9. The van der Waals surface area contributed by atoms with Crippen molar-refractivity contribution < 1.29 is 5.11 Å². The van der Waals surface area contributed by atoms with Crippen LogP contribution in [0.5, 0.6) is 0 Å². The predicted octanol–water partition coefficient (Wildman–Crippen LogP) is 0.907. The van der Waals surface area contributed by atoms with Crippen LogP contribution < -0.4 is 0 Å². The van der Waals surface area contributed by atoms with Gasteiger partial charge in [0, 0.05) is 18.0 Å². The van der Waals surface area contributed by atoms with Crippen molar-refractivity contribution in [3.8, 4) is 11.4 Å². The van der Waals surface area contributed by atoms with Crippen LogP contribution in [-0.2, 0) is 6.61 Å². The Balaban J connectivity index is 2.11. The van der Waals surface area contributed by atoms with Crippen LogP contribution in [0.2, 0.25) is 0 Å². The lowest BCUT2D eigenvalue weighted by molar-refractivity contribution is 0.272. The van der Waals surface area contributed by atoms with Crippen LogP contribution in [0.15, 0.2) is 30.6 Å². The Bertz CT molecular complexity index is 664. The van der Waals surface area contributed by atoms with Gasteiger partial charge >= 0.3 is 0 Å². The van der Waals surface area contributed by atoms with E-state index < -0.39 is 0 Å². The third kappa shape index (κ3) is 1.74. The molecule has 2 N–H and O–H groups in total. The topological polar surface area (TPSA) is 87.6 Å². The molecule has 0 amide bonds. The number of aromatic amines is 1. The summed E-state index contributed by atoms with van der Waals surface area (Å²) in [6.07, 6.45) is 3.29. The van der Waals surface area contributed by atoms with Gasteiger partial charge in [0.15, 0.2) is 11.6 Å². The summed E-state index contributed by atoms with van der Waals surface area (Å²) in [6, 6.07) is 5.61. The molecule has 2 aromatic heterocycles.